The number of ether oxygens (including phenoxy) is 1. The summed E-state index contributed by atoms with van der Waals surface area (Å²) in [7, 11) is 1.44. The lowest BCUT2D eigenvalue weighted by Gasteiger charge is -2.13. The summed E-state index contributed by atoms with van der Waals surface area (Å²) in [5.74, 6) is -1.09. The summed E-state index contributed by atoms with van der Waals surface area (Å²) in [5.41, 5.74) is -0.705. The molecule has 0 aliphatic heterocycles. The molecule has 1 atom stereocenters. The molecule has 0 saturated heterocycles. The second kappa shape index (κ2) is 3.96. The summed E-state index contributed by atoms with van der Waals surface area (Å²) in [6.45, 7) is 1.82. The van der Waals surface area contributed by atoms with Crippen LogP contribution < -0.4 is 5.32 Å². The molecule has 2 N–H and O–H groups in total. The summed E-state index contributed by atoms with van der Waals surface area (Å²) < 4.78 is 4.80. The van der Waals surface area contributed by atoms with Crippen molar-refractivity contribution in [1.82, 2.24) is 5.32 Å². The van der Waals surface area contributed by atoms with E-state index in [0.29, 0.717) is 12.8 Å². The molecule has 0 aromatic heterocycles. The van der Waals surface area contributed by atoms with E-state index in [4.69, 9.17) is 9.84 Å². The van der Waals surface area contributed by atoms with Gasteiger partial charge in [0.15, 0.2) is 0 Å². The fraction of sp³-hybridized carbons (Fsp3) is 0.778. The molecule has 0 radical (unpaired) electrons. The number of rotatable bonds is 5. The van der Waals surface area contributed by atoms with Gasteiger partial charge in [-0.3, -0.25) is 9.59 Å². The molecule has 0 spiro atoms. The molecule has 0 heterocycles. The Kier molecular flexibility index (Phi) is 3.10. The average molecular weight is 201 g/mol. The van der Waals surface area contributed by atoms with E-state index < -0.39 is 17.5 Å². The zero-order valence-corrected chi connectivity index (χ0v) is 8.37. The Labute approximate surface area is 82.4 Å². The van der Waals surface area contributed by atoms with E-state index in [0.717, 1.165) is 0 Å². The van der Waals surface area contributed by atoms with Crippen LogP contribution in [0.5, 0.6) is 0 Å². The SMILES string of the molecule is COC(C)C(=O)NCC1(C(=O)O)CC1. The van der Waals surface area contributed by atoms with Crippen LogP contribution in [-0.4, -0.2) is 36.7 Å². The summed E-state index contributed by atoms with van der Waals surface area (Å²) in [6, 6.07) is 0. The number of hydrogen-bond donors (Lipinski definition) is 2. The first kappa shape index (κ1) is 11.0. The van der Waals surface area contributed by atoms with E-state index in [1.807, 2.05) is 0 Å². The normalized spacial score (nSPS) is 19.9. The Balaban J connectivity index is 2.34. The van der Waals surface area contributed by atoms with Crippen molar-refractivity contribution in [3.8, 4) is 0 Å². The Morgan fingerprint density at radius 2 is 2.14 bits per heavy atom. The number of carboxylic acids is 1. The van der Waals surface area contributed by atoms with Gasteiger partial charge in [0.2, 0.25) is 5.91 Å². The van der Waals surface area contributed by atoms with Crippen molar-refractivity contribution in [1.29, 1.82) is 0 Å². The lowest BCUT2D eigenvalue weighted by Crippen LogP contribution is -2.39. The van der Waals surface area contributed by atoms with Gasteiger partial charge >= 0.3 is 5.97 Å². The molecule has 1 unspecified atom stereocenters. The van der Waals surface area contributed by atoms with E-state index >= 15 is 0 Å². The average Bonchev–Trinajstić information content (AvgIpc) is 2.93. The van der Waals surface area contributed by atoms with Crippen molar-refractivity contribution in [3.05, 3.63) is 0 Å². The molecule has 1 aliphatic rings. The predicted molar refractivity (Wildman–Crippen MR) is 48.8 cm³/mol. The highest BCUT2D eigenvalue weighted by Crippen LogP contribution is 2.45. The smallest absolute Gasteiger partial charge is 0.311 e. The molecule has 5 heteroatoms. The minimum atomic E-state index is -0.831. The highest BCUT2D eigenvalue weighted by Gasteiger charge is 2.50. The molecule has 0 aromatic carbocycles. The Hall–Kier alpha value is -1.10. The van der Waals surface area contributed by atoms with Crippen molar-refractivity contribution in [3.63, 3.8) is 0 Å². The van der Waals surface area contributed by atoms with Gasteiger partial charge in [0.1, 0.15) is 6.10 Å². The summed E-state index contributed by atoms with van der Waals surface area (Å²) in [6.07, 6.45) is 0.758. The molecular weight excluding hydrogens is 186 g/mol. The summed E-state index contributed by atoms with van der Waals surface area (Å²) >= 11 is 0. The van der Waals surface area contributed by atoms with Gasteiger partial charge in [-0.15, -0.1) is 0 Å². The van der Waals surface area contributed by atoms with E-state index in [1.54, 1.807) is 6.92 Å². The molecule has 1 fully saturated rings. The van der Waals surface area contributed by atoms with Gasteiger partial charge in [0.05, 0.1) is 5.41 Å². The summed E-state index contributed by atoms with van der Waals surface area (Å²) in [5, 5.41) is 11.4. The van der Waals surface area contributed by atoms with Crippen LogP contribution in [0, 0.1) is 5.41 Å². The number of amides is 1. The van der Waals surface area contributed by atoms with Crippen molar-refractivity contribution in [2.75, 3.05) is 13.7 Å². The number of hydrogen-bond acceptors (Lipinski definition) is 3. The van der Waals surface area contributed by atoms with Crippen LogP contribution in [0.4, 0.5) is 0 Å². The van der Waals surface area contributed by atoms with Crippen molar-refractivity contribution in [2.45, 2.75) is 25.9 Å². The molecule has 0 aromatic rings. The van der Waals surface area contributed by atoms with Crippen LogP contribution in [0.15, 0.2) is 0 Å². The third-order valence-electron chi connectivity index (χ3n) is 2.63. The molecule has 80 valence electrons. The van der Waals surface area contributed by atoms with Crippen molar-refractivity contribution >= 4 is 11.9 Å². The Morgan fingerprint density at radius 1 is 1.57 bits per heavy atom. The van der Waals surface area contributed by atoms with E-state index in [9.17, 15) is 9.59 Å². The second-order valence-electron chi connectivity index (χ2n) is 3.68. The van der Waals surface area contributed by atoms with Crippen LogP contribution in [0.2, 0.25) is 0 Å². The first-order chi connectivity index (χ1) is 6.52. The monoisotopic (exact) mass is 201 g/mol. The zero-order valence-electron chi connectivity index (χ0n) is 8.37. The lowest BCUT2D eigenvalue weighted by molar-refractivity contribution is -0.143. The number of methoxy groups -OCH3 is 1. The van der Waals surface area contributed by atoms with Gasteiger partial charge in [0, 0.05) is 13.7 Å². The number of carboxylic acid groups (broad SMARTS) is 1. The van der Waals surface area contributed by atoms with Gasteiger partial charge in [-0.2, -0.15) is 0 Å². The lowest BCUT2D eigenvalue weighted by atomic mass is 10.1. The van der Waals surface area contributed by atoms with E-state index in [-0.39, 0.29) is 12.5 Å². The largest absolute Gasteiger partial charge is 0.481 e. The van der Waals surface area contributed by atoms with Crippen LogP contribution in [0.25, 0.3) is 0 Å². The minimum Gasteiger partial charge on any atom is -0.481 e. The van der Waals surface area contributed by atoms with Gasteiger partial charge in [-0.05, 0) is 19.8 Å². The third kappa shape index (κ3) is 2.23. The molecule has 0 bridgehead atoms. The fourth-order valence-electron chi connectivity index (χ4n) is 1.12. The first-order valence-corrected chi connectivity index (χ1v) is 4.56. The topological polar surface area (TPSA) is 75.6 Å². The maximum absolute atomic E-state index is 11.2. The van der Waals surface area contributed by atoms with Gasteiger partial charge in [-0.25, -0.2) is 0 Å². The van der Waals surface area contributed by atoms with Crippen LogP contribution in [0.3, 0.4) is 0 Å². The van der Waals surface area contributed by atoms with Crippen LogP contribution >= 0.6 is 0 Å². The highest BCUT2D eigenvalue weighted by molar-refractivity contribution is 5.83. The summed E-state index contributed by atoms with van der Waals surface area (Å²) in [4.78, 5) is 22.0. The molecule has 1 rings (SSSR count). The van der Waals surface area contributed by atoms with E-state index in [2.05, 4.69) is 5.32 Å². The molecule has 1 aliphatic carbocycles. The van der Waals surface area contributed by atoms with Crippen LogP contribution in [-0.2, 0) is 14.3 Å². The molecule has 5 nitrogen and oxygen atoms in total. The fourth-order valence-corrected chi connectivity index (χ4v) is 1.12. The maximum atomic E-state index is 11.2. The standard InChI is InChI=1S/C9H15NO4/c1-6(14-2)7(11)10-5-9(3-4-9)8(12)13/h6H,3-5H2,1-2H3,(H,10,11)(H,12,13). The molecule has 1 amide bonds. The molecule has 14 heavy (non-hydrogen) atoms. The van der Waals surface area contributed by atoms with Gasteiger partial charge in [0.25, 0.3) is 0 Å². The first-order valence-electron chi connectivity index (χ1n) is 4.56. The van der Waals surface area contributed by atoms with Gasteiger partial charge in [-0.1, -0.05) is 0 Å². The van der Waals surface area contributed by atoms with Crippen molar-refractivity contribution in [2.24, 2.45) is 5.41 Å². The number of aliphatic carboxylic acids is 1. The van der Waals surface area contributed by atoms with E-state index in [1.165, 1.54) is 7.11 Å². The number of carbonyl (C=O) groups excluding carboxylic acids is 1. The predicted octanol–water partition coefficient (Wildman–Crippen LogP) is 0.00230. The Morgan fingerprint density at radius 3 is 2.50 bits per heavy atom. The van der Waals surface area contributed by atoms with Crippen LogP contribution in [0.1, 0.15) is 19.8 Å². The quantitative estimate of drug-likeness (QED) is 0.656. The third-order valence-corrected chi connectivity index (χ3v) is 2.63. The Bertz CT molecular complexity index is 247. The highest BCUT2D eigenvalue weighted by atomic mass is 16.5. The van der Waals surface area contributed by atoms with Crippen molar-refractivity contribution < 1.29 is 19.4 Å². The maximum Gasteiger partial charge on any atom is 0.311 e. The molecular formula is C9H15NO4. The second-order valence-corrected chi connectivity index (χ2v) is 3.68. The minimum absolute atomic E-state index is 0.203. The van der Waals surface area contributed by atoms with Gasteiger partial charge < -0.3 is 15.2 Å². The number of carbonyl (C=O) groups is 2. The molecule has 1 saturated carbocycles. The zero-order chi connectivity index (χ0) is 10.8. The number of nitrogens with one attached hydrogen (secondary N) is 1.